The van der Waals surface area contributed by atoms with Gasteiger partial charge in [0.25, 0.3) is 0 Å². The molecule has 3 fully saturated rings. The van der Waals surface area contributed by atoms with Crippen LogP contribution in [-0.4, -0.2) is 106 Å². The van der Waals surface area contributed by atoms with E-state index in [0.29, 0.717) is 18.7 Å². The Morgan fingerprint density at radius 2 is 1.72 bits per heavy atom. The second-order valence-corrected chi connectivity index (χ2v) is 15.2. The lowest BCUT2D eigenvalue weighted by Gasteiger charge is -2.39. The number of hydrogen-bond donors (Lipinski definition) is 1. The van der Waals surface area contributed by atoms with Crippen molar-refractivity contribution in [3.05, 3.63) is 52.5 Å². The van der Waals surface area contributed by atoms with Gasteiger partial charge in [-0.05, 0) is 25.0 Å². The number of alkyl halides is 3. The number of piperazine rings is 2. The van der Waals surface area contributed by atoms with Gasteiger partial charge in [-0.3, -0.25) is 19.2 Å². The van der Waals surface area contributed by atoms with Crippen LogP contribution in [0.1, 0.15) is 24.4 Å². The summed E-state index contributed by atoms with van der Waals surface area (Å²) in [4.78, 5) is 42.9. The maximum Gasteiger partial charge on any atom is 0.417 e. The predicted octanol–water partition coefficient (Wildman–Crippen LogP) is 4.81. The van der Waals surface area contributed by atoms with Crippen molar-refractivity contribution in [2.75, 3.05) is 75.3 Å². The van der Waals surface area contributed by atoms with E-state index in [2.05, 4.69) is 26.3 Å². The molecule has 1 unspecified atom stereocenters. The van der Waals surface area contributed by atoms with Gasteiger partial charge in [-0.15, -0.1) is 11.8 Å². The zero-order valence-corrected chi connectivity index (χ0v) is 28.4. The highest BCUT2D eigenvalue weighted by atomic mass is 32.2. The smallest absolute Gasteiger partial charge is 0.375 e. The number of nitrogens with two attached hydrogens (primary N) is 1. The number of thiazole rings is 1. The zero-order valence-electron chi connectivity index (χ0n) is 26.8. The Kier molecular flexibility index (Phi) is 8.31. The third kappa shape index (κ3) is 5.71. The van der Waals surface area contributed by atoms with Crippen LogP contribution in [-0.2, 0) is 11.0 Å². The van der Waals surface area contributed by atoms with Crippen LogP contribution in [0.2, 0.25) is 0 Å². The van der Waals surface area contributed by atoms with Gasteiger partial charge in [-0.1, -0.05) is 17.9 Å². The van der Waals surface area contributed by atoms with Gasteiger partial charge in [0.15, 0.2) is 5.13 Å². The molecule has 2 aromatic heterocycles. The van der Waals surface area contributed by atoms with Crippen LogP contribution in [0.4, 0.5) is 32.9 Å². The largest absolute Gasteiger partial charge is 0.417 e. The van der Waals surface area contributed by atoms with Crippen molar-refractivity contribution in [2.45, 2.75) is 36.0 Å². The fraction of sp³-hybridized carbons (Fsp3) is 0.455. The minimum absolute atomic E-state index is 0.0456. The van der Waals surface area contributed by atoms with E-state index in [-0.39, 0.29) is 74.8 Å². The van der Waals surface area contributed by atoms with Crippen LogP contribution in [0.25, 0.3) is 32.2 Å². The van der Waals surface area contributed by atoms with E-state index in [1.807, 2.05) is 0 Å². The highest BCUT2D eigenvalue weighted by Gasteiger charge is 2.41. The number of anilines is 2. The molecule has 4 aromatic rings. The zero-order chi connectivity index (χ0) is 35.1. The quantitative estimate of drug-likeness (QED) is 0.221. The number of halogens is 5. The SMILES string of the molecule is C=CC(=O)N1CCN(c2nc(=O)n3c4c(c(-c5c(F)cc(F)c6sc(N)nc56)c(C(F)(F)F)cc24)SCC3CN2CCN(C3CC3)CC2)CC1. The molecule has 4 aliphatic rings. The molecular weight excluding hydrogens is 700 g/mol. The van der Waals surface area contributed by atoms with Crippen LogP contribution in [0, 0.1) is 11.6 Å². The molecule has 5 heterocycles. The molecule has 8 rings (SSSR count). The second kappa shape index (κ2) is 12.5. The molecule has 2 saturated heterocycles. The number of benzene rings is 2. The summed E-state index contributed by atoms with van der Waals surface area (Å²) < 4.78 is 77.7. The Labute approximate surface area is 291 Å². The lowest BCUT2D eigenvalue weighted by molar-refractivity contribution is -0.137. The Bertz CT molecular complexity index is 2100. The Morgan fingerprint density at radius 3 is 2.38 bits per heavy atom. The normalized spacial score (nSPS) is 20.6. The lowest BCUT2D eigenvalue weighted by atomic mass is 9.94. The fourth-order valence-corrected chi connectivity index (χ4v) is 9.58. The number of nitrogen functional groups attached to an aromatic ring is 1. The monoisotopic (exact) mass is 732 g/mol. The van der Waals surface area contributed by atoms with Gasteiger partial charge < -0.3 is 15.5 Å². The molecule has 0 spiro atoms. The molecule has 0 radical (unpaired) electrons. The third-order valence-corrected chi connectivity index (χ3v) is 12.2. The van der Waals surface area contributed by atoms with E-state index >= 15 is 17.6 Å². The number of carbonyl (C=O) groups excluding carboxylic acids is 1. The Hall–Kier alpha value is -3.80. The average molecular weight is 733 g/mol. The lowest BCUT2D eigenvalue weighted by Crippen LogP contribution is -2.50. The van der Waals surface area contributed by atoms with Crippen LogP contribution >= 0.6 is 23.1 Å². The molecule has 17 heteroatoms. The summed E-state index contributed by atoms with van der Waals surface area (Å²) in [6.07, 6.45) is -1.37. The van der Waals surface area contributed by atoms with Gasteiger partial charge in [0.1, 0.15) is 17.5 Å². The van der Waals surface area contributed by atoms with Gasteiger partial charge in [0.2, 0.25) is 5.91 Å². The van der Waals surface area contributed by atoms with Gasteiger partial charge in [-0.2, -0.15) is 18.2 Å². The first-order chi connectivity index (χ1) is 23.9. The van der Waals surface area contributed by atoms with Gasteiger partial charge in [0, 0.05) is 98.2 Å². The average Bonchev–Trinajstić information content (AvgIpc) is 3.87. The van der Waals surface area contributed by atoms with E-state index in [0.717, 1.165) is 55.3 Å². The summed E-state index contributed by atoms with van der Waals surface area (Å²) >= 11 is 1.84. The molecular formula is C33H33F5N8O2S2. The minimum atomic E-state index is -4.99. The van der Waals surface area contributed by atoms with Crippen molar-refractivity contribution in [1.29, 1.82) is 0 Å². The third-order valence-electron chi connectivity index (χ3n) is 10.1. The highest BCUT2D eigenvalue weighted by Crippen LogP contribution is 2.52. The first-order valence-electron chi connectivity index (χ1n) is 16.4. The molecule has 10 nitrogen and oxygen atoms in total. The summed E-state index contributed by atoms with van der Waals surface area (Å²) in [6, 6.07) is 1.68. The van der Waals surface area contributed by atoms with Crippen LogP contribution < -0.4 is 16.3 Å². The number of carbonyl (C=O) groups is 1. The molecule has 50 heavy (non-hydrogen) atoms. The predicted molar refractivity (Wildman–Crippen MR) is 184 cm³/mol. The standard InChI is InChI=1S/C33H33F5N8O2S2/c1-2-23(47)44-9-11-45(12-10-44)30-19-13-20(33(36,37)38)24(25-21(34)14-22(35)28-26(25)40-31(39)50-28)29-27(19)46(32(48)41-30)18(16-49-29)15-42-5-7-43(8-6-42)17-3-4-17/h2,13-14,17-18H,1,3-12,15-16H2,(H2,39,40). The number of nitrogens with zero attached hydrogens (tertiary/aromatic N) is 7. The van der Waals surface area contributed by atoms with E-state index < -0.39 is 46.2 Å². The molecule has 0 bridgehead atoms. The molecule has 264 valence electrons. The van der Waals surface area contributed by atoms with Gasteiger partial charge >= 0.3 is 11.9 Å². The van der Waals surface area contributed by atoms with Crippen LogP contribution in [0.5, 0.6) is 0 Å². The molecule has 2 aromatic carbocycles. The van der Waals surface area contributed by atoms with Crippen molar-refractivity contribution in [1.82, 2.24) is 29.2 Å². The fourth-order valence-electron chi connectivity index (χ4n) is 7.52. The number of amides is 1. The van der Waals surface area contributed by atoms with Crippen molar-refractivity contribution in [3.8, 4) is 11.1 Å². The summed E-state index contributed by atoms with van der Waals surface area (Å²) in [7, 11) is 0. The van der Waals surface area contributed by atoms with E-state index in [1.54, 1.807) is 9.80 Å². The molecule has 3 aliphatic heterocycles. The molecule has 1 aliphatic carbocycles. The summed E-state index contributed by atoms with van der Waals surface area (Å²) in [5, 5.41) is -0.0350. The Balaban J connectivity index is 1.33. The van der Waals surface area contributed by atoms with E-state index in [4.69, 9.17) is 5.73 Å². The van der Waals surface area contributed by atoms with Crippen molar-refractivity contribution in [3.63, 3.8) is 0 Å². The first kappa shape index (κ1) is 33.3. The number of aromatic nitrogens is 3. The minimum Gasteiger partial charge on any atom is -0.375 e. The summed E-state index contributed by atoms with van der Waals surface area (Å²) in [5.74, 6) is -2.18. The number of hydrogen-bond acceptors (Lipinski definition) is 10. The van der Waals surface area contributed by atoms with Crippen molar-refractivity contribution >= 4 is 61.1 Å². The maximum absolute atomic E-state index is 15.9. The van der Waals surface area contributed by atoms with Gasteiger partial charge in [0.05, 0.1) is 27.3 Å². The first-order valence-corrected chi connectivity index (χ1v) is 18.2. The number of rotatable bonds is 6. The van der Waals surface area contributed by atoms with Crippen LogP contribution in [0.15, 0.2) is 34.5 Å². The van der Waals surface area contributed by atoms with E-state index in [9.17, 15) is 14.0 Å². The van der Waals surface area contributed by atoms with Gasteiger partial charge in [-0.25, -0.2) is 18.6 Å². The van der Waals surface area contributed by atoms with Crippen molar-refractivity contribution < 1.29 is 26.7 Å². The van der Waals surface area contributed by atoms with Crippen LogP contribution in [0.3, 0.4) is 0 Å². The number of thioether (sulfide) groups is 1. The van der Waals surface area contributed by atoms with Crippen molar-refractivity contribution in [2.24, 2.45) is 0 Å². The number of fused-ring (bicyclic) bond motifs is 1. The summed E-state index contributed by atoms with van der Waals surface area (Å²) in [6.45, 7) is 8.35. The molecule has 1 atom stereocenters. The molecule has 2 N–H and O–H groups in total. The Morgan fingerprint density at radius 1 is 1.00 bits per heavy atom. The maximum atomic E-state index is 15.9. The molecule has 1 amide bonds. The second-order valence-electron chi connectivity index (χ2n) is 13.1. The van der Waals surface area contributed by atoms with E-state index in [1.165, 1.54) is 23.5 Å². The molecule has 1 saturated carbocycles. The summed E-state index contributed by atoms with van der Waals surface area (Å²) in [5.41, 5.74) is 2.95. The highest BCUT2D eigenvalue weighted by molar-refractivity contribution is 7.99. The topological polar surface area (TPSA) is 104 Å².